The van der Waals surface area contributed by atoms with Crippen LogP contribution in [0.1, 0.15) is 0 Å². The van der Waals surface area contributed by atoms with E-state index < -0.39 is 22.7 Å². The highest BCUT2D eigenvalue weighted by molar-refractivity contribution is 5.90. The van der Waals surface area contributed by atoms with Crippen LogP contribution in [0.25, 0.3) is 22.3 Å². The van der Waals surface area contributed by atoms with Crippen LogP contribution in [0.2, 0.25) is 0 Å². The summed E-state index contributed by atoms with van der Waals surface area (Å²) in [4.78, 5) is 12.3. The molecule has 0 bridgehead atoms. The molecule has 0 aliphatic heterocycles. The van der Waals surface area contributed by atoms with E-state index in [1.165, 1.54) is 7.11 Å². The maximum absolute atomic E-state index is 12.3. The zero-order chi connectivity index (χ0) is 15.9. The number of rotatable bonds is 2. The monoisotopic (exact) mass is 300 g/mol. The van der Waals surface area contributed by atoms with E-state index in [1.807, 2.05) is 0 Å². The lowest BCUT2D eigenvalue weighted by atomic mass is 10.1. The van der Waals surface area contributed by atoms with Crippen LogP contribution in [-0.4, -0.2) is 22.4 Å². The van der Waals surface area contributed by atoms with Crippen molar-refractivity contribution in [2.75, 3.05) is 7.11 Å². The molecule has 6 nitrogen and oxygen atoms in total. The molecule has 6 heteroatoms. The molecule has 2 aromatic carbocycles. The van der Waals surface area contributed by atoms with E-state index in [-0.39, 0.29) is 22.5 Å². The van der Waals surface area contributed by atoms with Gasteiger partial charge in [0.1, 0.15) is 0 Å². The number of benzene rings is 2. The second kappa shape index (κ2) is 5.00. The molecule has 3 aromatic rings. The molecule has 3 rings (SSSR count). The maximum Gasteiger partial charge on any atom is 0.235 e. The number of methoxy groups -OCH3 is 1. The van der Waals surface area contributed by atoms with E-state index in [2.05, 4.69) is 0 Å². The van der Waals surface area contributed by atoms with Gasteiger partial charge in [0.25, 0.3) is 0 Å². The molecule has 0 saturated heterocycles. The van der Waals surface area contributed by atoms with Crippen molar-refractivity contribution in [3.8, 4) is 34.3 Å². The lowest BCUT2D eigenvalue weighted by Crippen LogP contribution is -2.03. The van der Waals surface area contributed by atoms with Gasteiger partial charge in [0.05, 0.1) is 12.5 Å². The third-order valence-corrected chi connectivity index (χ3v) is 3.31. The first-order chi connectivity index (χ1) is 10.5. The summed E-state index contributed by atoms with van der Waals surface area (Å²) in [6, 6.07) is 9.58. The van der Waals surface area contributed by atoms with E-state index >= 15 is 0 Å². The SMILES string of the molecule is COc1c(O)c(O)cc2c(=O)c(O)c(-c3ccccc3)oc12. The fraction of sp³-hybridized carbons (Fsp3) is 0.0625. The highest BCUT2D eigenvalue weighted by Gasteiger charge is 2.22. The first-order valence-electron chi connectivity index (χ1n) is 6.38. The van der Waals surface area contributed by atoms with Gasteiger partial charge in [-0.15, -0.1) is 0 Å². The molecular weight excluding hydrogens is 288 g/mol. The van der Waals surface area contributed by atoms with Crippen molar-refractivity contribution in [1.29, 1.82) is 0 Å². The van der Waals surface area contributed by atoms with Gasteiger partial charge in [-0.3, -0.25) is 4.79 Å². The predicted octanol–water partition coefficient (Wildman–Crippen LogP) is 2.59. The van der Waals surface area contributed by atoms with Gasteiger partial charge in [0.2, 0.25) is 22.7 Å². The molecular formula is C16H12O6. The van der Waals surface area contributed by atoms with Crippen molar-refractivity contribution in [3.63, 3.8) is 0 Å². The van der Waals surface area contributed by atoms with Crippen LogP contribution in [0.4, 0.5) is 0 Å². The summed E-state index contributed by atoms with van der Waals surface area (Å²) in [5, 5.41) is 29.4. The predicted molar refractivity (Wildman–Crippen MR) is 79.5 cm³/mol. The Labute approximate surface area is 124 Å². The van der Waals surface area contributed by atoms with Crippen molar-refractivity contribution >= 4 is 11.0 Å². The van der Waals surface area contributed by atoms with E-state index in [0.717, 1.165) is 6.07 Å². The second-order valence-electron chi connectivity index (χ2n) is 4.63. The normalized spacial score (nSPS) is 10.8. The van der Waals surface area contributed by atoms with Crippen molar-refractivity contribution in [2.24, 2.45) is 0 Å². The quantitative estimate of drug-likeness (QED) is 0.629. The summed E-state index contributed by atoms with van der Waals surface area (Å²) < 4.78 is 10.6. The van der Waals surface area contributed by atoms with Crippen LogP contribution in [0.5, 0.6) is 23.0 Å². The minimum Gasteiger partial charge on any atom is -0.504 e. The van der Waals surface area contributed by atoms with E-state index in [4.69, 9.17) is 9.15 Å². The minimum absolute atomic E-state index is 0.0403. The van der Waals surface area contributed by atoms with E-state index in [0.29, 0.717) is 5.56 Å². The molecule has 0 saturated carbocycles. The van der Waals surface area contributed by atoms with Crippen LogP contribution < -0.4 is 10.2 Å². The van der Waals surface area contributed by atoms with Gasteiger partial charge in [-0.2, -0.15) is 0 Å². The zero-order valence-electron chi connectivity index (χ0n) is 11.5. The molecule has 0 radical (unpaired) electrons. The minimum atomic E-state index is -0.728. The number of fused-ring (bicyclic) bond motifs is 1. The molecule has 0 atom stereocenters. The molecule has 1 heterocycles. The Bertz CT molecular complexity index is 912. The van der Waals surface area contributed by atoms with E-state index in [1.54, 1.807) is 30.3 Å². The van der Waals surface area contributed by atoms with Gasteiger partial charge in [0.15, 0.2) is 17.1 Å². The van der Waals surface area contributed by atoms with Crippen LogP contribution in [0.3, 0.4) is 0 Å². The van der Waals surface area contributed by atoms with Gasteiger partial charge >= 0.3 is 0 Å². The van der Waals surface area contributed by atoms with E-state index in [9.17, 15) is 20.1 Å². The fourth-order valence-corrected chi connectivity index (χ4v) is 2.24. The van der Waals surface area contributed by atoms with Crippen LogP contribution in [0, 0.1) is 0 Å². The standard InChI is InChI=1S/C16H12O6/c1-21-16-12(19)10(17)7-9-11(18)13(20)14(22-15(9)16)8-5-3-2-4-6-8/h2-7,17,19-20H,1H3. The molecule has 22 heavy (non-hydrogen) atoms. The van der Waals surface area contributed by atoms with Gasteiger partial charge in [0, 0.05) is 5.56 Å². The highest BCUT2D eigenvalue weighted by atomic mass is 16.5. The molecule has 0 spiro atoms. The molecule has 0 fully saturated rings. The average molecular weight is 300 g/mol. The Morgan fingerprint density at radius 3 is 2.36 bits per heavy atom. The third kappa shape index (κ3) is 1.93. The smallest absolute Gasteiger partial charge is 0.235 e. The lowest BCUT2D eigenvalue weighted by Gasteiger charge is -2.11. The summed E-state index contributed by atoms with van der Waals surface area (Å²) >= 11 is 0. The van der Waals surface area contributed by atoms with Crippen molar-refractivity contribution in [3.05, 3.63) is 46.6 Å². The fourth-order valence-electron chi connectivity index (χ4n) is 2.24. The number of phenols is 2. The molecule has 0 aliphatic rings. The largest absolute Gasteiger partial charge is 0.504 e. The van der Waals surface area contributed by atoms with Gasteiger partial charge in [-0.25, -0.2) is 0 Å². The molecule has 0 unspecified atom stereocenters. The average Bonchev–Trinajstić information content (AvgIpc) is 2.54. The topological polar surface area (TPSA) is 100 Å². The number of phenolic OH excluding ortho intramolecular Hbond substituents is 2. The van der Waals surface area contributed by atoms with Crippen molar-refractivity contribution in [2.45, 2.75) is 0 Å². The van der Waals surface area contributed by atoms with Crippen LogP contribution in [-0.2, 0) is 0 Å². The van der Waals surface area contributed by atoms with Gasteiger partial charge < -0.3 is 24.5 Å². The summed E-state index contributed by atoms with van der Waals surface area (Å²) in [6.07, 6.45) is 0. The summed E-state index contributed by atoms with van der Waals surface area (Å²) in [6.45, 7) is 0. The van der Waals surface area contributed by atoms with Crippen LogP contribution in [0.15, 0.2) is 45.6 Å². The maximum atomic E-state index is 12.3. The van der Waals surface area contributed by atoms with Crippen molar-refractivity contribution < 1.29 is 24.5 Å². The van der Waals surface area contributed by atoms with Gasteiger partial charge in [-0.05, 0) is 6.07 Å². The summed E-state index contributed by atoms with van der Waals surface area (Å²) in [5.41, 5.74) is -0.290. The summed E-state index contributed by atoms with van der Waals surface area (Å²) in [7, 11) is 1.27. The second-order valence-corrected chi connectivity index (χ2v) is 4.63. The Morgan fingerprint density at radius 1 is 1.05 bits per heavy atom. The number of aromatic hydroxyl groups is 3. The Morgan fingerprint density at radius 2 is 1.73 bits per heavy atom. The van der Waals surface area contributed by atoms with Gasteiger partial charge in [-0.1, -0.05) is 30.3 Å². The molecule has 0 aliphatic carbocycles. The zero-order valence-corrected chi connectivity index (χ0v) is 11.5. The lowest BCUT2D eigenvalue weighted by molar-refractivity contribution is 0.348. The Kier molecular flexibility index (Phi) is 3.14. The Balaban J connectivity index is 2.46. The highest BCUT2D eigenvalue weighted by Crippen LogP contribution is 2.43. The first-order valence-corrected chi connectivity index (χ1v) is 6.38. The van der Waals surface area contributed by atoms with Crippen molar-refractivity contribution in [1.82, 2.24) is 0 Å². The number of hydrogen-bond acceptors (Lipinski definition) is 6. The first kappa shape index (κ1) is 13.8. The molecule has 1 aromatic heterocycles. The molecule has 112 valence electrons. The molecule has 3 N–H and O–H groups in total. The number of hydrogen-bond donors (Lipinski definition) is 3. The molecule has 0 amide bonds. The number of ether oxygens (including phenoxy) is 1. The Hall–Kier alpha value is -3.15. The third-order valence-electron chi connectivity index (χ3n) is 3.31. The van der Waals surface area contributed by atoms with Crippen LogP contribution >= 0.6 is 0 Å². The summed E-state index contributed by atoms with van der Waals surface area (Å²) in [5.74, 6) is -1.87.